The van der Waals surface area contributed by atoms with E-state index in [-0.39, 0.29) is 0 Å². The van der Waals surface area contributed by atoms with Crippen LogP contribution < -0.4 is 9.80 Å². The second-order valence-electron chi connectivity index (χ2n) is 30.9. The Kier molecular flexibility index (Phi) is 17.3. The summed E-state index contributed by atoms with van der Waals surface area (Å²) < 4.78 is 0. The zero-order valence-corrected chi connectivity index (χ0v) is 64.8. The zero-order chi connectivity index (χ0) is 78.0. The summed E-state index contributed by atoms with van der Waals surface area (Å²) in [6.45, 7) is 0. The number of fused-ring (bicyclic) bond motifs is 10. The van der Waals surface area contributed by atoms with Crippen LogP contribution in [-0.2, 0) is 0 Å². The molecule has 0 aliphatic rings. The molecule has 0 fully saturated rings. The van der Waals surface area contributed by atoms with Crippen LogP contribution in [-0.4, -0.2) is 0 Å². The van der Waals surface area contributed by atoms with Crippen molar-refractivity contribution in [2.45, 2.75) is 0 Å². The molecule has 118 heavy (non-hydrogen) atoms. The molecular weight excluding hydrogens is 1420 g/mol. The Morgan fingerprint density at radius 2 is 0.458 bits per heavy atom. The maximum Gasteiger partial charge on any atom is 0.0540 e. The molecule has 0 amide bonds. The molecule has 22 aromatic rings. The van der Waals surface area contributed by atoms with Gasteiger partial charge in [-0.1, -0.05) is 394 Å². The van der Waals surface area contributed by atoms with E-state index in [9.17, 15) is 0 Å². The molecule has 0 saturated carbocycles. The van der Waals surface area contributed by atoms with Crippen molar-refractivity contribution in [3.63, 3.8) is 0 Å². The zero-order valence-electron chi connectivity index (χ0n) is 64.8. The van der Waals surface area contributed by atoms with Crippen LogP contribution in [0.1, 0.15) is 0 Å². The minimum atomic E-state index is 1.05. The molecular formula is C116H76N2. The largest absolute Gasteiger partial charge is 0.310 e. The first kappa shape index (κ1) is 69.3. The molecule has 2 nitrogen and oxygen atoms in total. The molecule has 0 heterocycles. The highest BCUT2D eigenvalue weighted by molar-refractivity contribution is 6.21. The van der Waals surface area contributed by atoms with E-state index in [0.717, 1.165) is 95.1 Å². The first-order chi connectivity index (χ1) is 58.5. The highest BCUT2D eigenvalue weighted by Crippen LogP contribution is 2.52. The number of benzene rings is 22. The van der Waals surface area contributed by atoms with Crippen molar-refractivity contribution in [3.05, 3.63) is 461 Å². The number of nitrogens with zero attached hydrogens (tertiary/aromatic N) is 2. The average Bonchev–Trinajstić information content (AvgIpc) is 0.736. The van der Waals surface area contributed by atoms with E-state index in [0.29, 0.717) is 0 Å². The van der Waals surface area contributed by atoms with Gasteiger partial charge in [-0.25, -0.2) is 0 Å². The summed E-state index contributed by atoms with van der Waals surface area (Å²) in [6.07, 6.45) is 0. The maximum atomic E-state index is 2.48. The van der Waals surface area contributed by atoms with Crippen molar-refractivity contribution >= 4 is 120 Å². The van der Waals surface area contributed by atoms with E-state index in [1.54, 1.807) is 0 Å². The minimum Gasteiger partial charge on any atom is -0.310 e. The van der Waals surface area contributed by atoms with E-state index in [1.807, 2.05) is 0 Å². The lowest BCUT2D eigenvalue weighted by molar-refractivity contribution is 1.28. The van der Waals surface area contributed by atoms with Crippen LogP contribution in [0.15, 0.2) is 461 Å². The first-order valence-electron chi connectivity index (χ1n) is 40.8. The Morgan fingerprint density at radius 3 is 1.08 bits per heavy atom. The fraction of sp³-hybridized carbons (Fsp3) is 0. The predicted molar refractivity (Wildman–Crippen MR) is 505 cm³/mol. The Labute approximate surface area is 686 Å². The van der Waals surface area contributed by atoms with E-state index in [1.165, 1.54) is 125 Å². The van der Waals surface area contributed by atoms with Crippen LogP contribution in [0.2, 0.25) is 0 Å². The summed E-state index contributed by atoms with van der Waals surface area (Å²) in [4.78, 5) is 4.93. The molecule has 0 radical (unpaired) electrons. The van der Waals surface area contributed by atoms with Crippen LogP contribution in [0.5, 0.6) is 0 Å². The Balaban J connectivity index is 0.670. The number of rotatable bonds is 15. The summed E-state index contributed by atoms with van der Waals surface area (Å²) in [5.41, 5.74) is 27.5. The Bertz CT molecular complexity index is 7620. The average molecular weight is 1500 g/mol. The SMILES string of the molecule is c1ccc(-c2cc(-c3ccc(-c4ccc(N(c5ccccc5-c5cccc6cccc(-c7ccccc7)c56)c5cccc6ccccc56)cc4)c4ccc5ccccc5c34)cc3cccc(-c4ccccc4N(c4ccc(-c5ccc(-c6cccc7ccccc67)cc5)cc4)c4ccc(-c5cccc6c5ccc5ccccc56)cc4)c23)cc1. The third-order valence-electron chi connectivity index (χ3n) is 24.2. The van der Waals surface area contributed by atoms with Gasteiger partial charge in [0.25, 0.3) is 0 Å². The second-order valence-corrected chi connectivity index (χ2v) is 30.9. The van der Waals surface area contributed by atoms with Gasteiger partial charge in [-0.3, -0.25) is 0 Å². The topological polar surface area (TPSA) is 6.48 Å². The standard InChI is InChI=1S/C116H76N2/c1-3-25-81(26-4-1)100-46-20-35-88-36-21-48-107(114(88)100)106-43-16-18-51-113(106)118(111-52-23-34-80-30-9-13-40-99(80)111)93-69-61-87(62-70-93)98-73-74-102(116-101-41-14-10-32-84(101)64-72-109(98)116)90-75-89-37-22-49-108(115(89)110(76-90)82-27-5-2-6-28-82)105-42-15-17-50-112(105)117(92-67-59-86(60-68-92)97-45-24-47-103-96-39-12-8-31-83(96)63-71-104(97)103)91-65-57-78(58-66-91)77-53-55-85(56-54-77)95-44-19-33-79-29-7-11-38-94(79)95/h1-76H. The van der Waals surface area contributed by atoms with Crippen molar-refractivity contribution in [3.8, 4) is 100 Å². The Morgan fingerprint density at radius 1 is 0.119 bits per heavy atom. The van der Waals surface area contributed by atoms with E-state index < -0.39 is 0 Å². The first-order valence-corrected chi connectivity index (χ1v) is 40.8. The van der Waals surface area contributed by atoms with Gasteiger partial charge in [-0.2, -0.15) is 0 Å². The fourth-order valence-electron chi connectivity index (χ4n) is 18.7. The third-order valence-corrected chi connectivity index (χ3v) is 24.2. The molecule has 0 unspecified atom stereocenters. The predicted octanol–water partition coefficient (Wildman–Crippen LogP) is 32.9. The molecule has 0 saturated heterocycles. The number of anilines is 6. The lowest BCUT2D eigenvalue weighted by Gasteiger charge is -2.29. The van der Waals surface area contributed by atoms with Gasteiger partial charge < -0.3 is 9.80 Å². The van der Waals surface area contributed by atoms with E-state index in [4.69, 9.17) is 0 Å². The lowest BCUT2D eigenvalue weighted by Crippen LogP contribution is -2.11. The molecule has 0 spiro atoms. The van der Waals surface area contributed by atoms with Gasteiger partial charge in [0.2, 0.25) is 0 Å². The third kappa shape index (κ3) is 12.2. The molecule has 22 aromatic carbocycles. The Hall–Kier alpha value is -15.5. The van der Waals surface area contributed by atoms with Crippen molar-refractivity contribution in [1.82, 2.24) is 0 Å². The highest BCUT2D eigenvalue weighted by atomic mass is 15.2. The van der Waals surface area contributed by atoms with Gasteiger partial charge in [0.15, 0.2) is 0 Å². The molecule has 0 aromatic heterocycles. The van der Waals surface area contributed by atoms with E-state index in [2.05, 4.69) is 471 Å². The van der Waals surface area contributed by atoms with Crippen LogP contribution in [0, 0.1) is 0 Å². The van der Waals surface area contributed by atoms with Crippen molar-refractivity contribution in [2.75, 3.05) is 9.80 Å². The summed E-state index contributed by atoms with van der Waals surface area (Å²) in [6, 6.07) is 171. The maximum absolute atomic E-state index is 2.48. The monoisotopic (exact) mass is 1500 g/mol. The number of para-hydroxylation sites is 2. The summed E-state index contributed by atoms with van der Waals surface area (Å²) in [5.74, 6) is 0. The molecule has 0 aliphatic carbocycles. The molecule has 2 heteroatoms. The van der Waals surface area contributed by atoms with Gasteiger partial charge in [0.05, 0.1) is 17.1 Å². The summed E-state index contributed by atoms with van der Waals surface area (Å²) >= 11 is 0. The molecule has 0 atom stereocenters. The van der Waals surface area contributed by atoms with Crippen LogP contribution in [0.3, 0.4) is 0 Å². The minimum absolute atomic E-state index is 1.05. The molecule has 0 N–H and O–H groups in total. The van der Waals surface area contributed by atoms with Crippen molar-refractivity contribution < 1.29 is 0 Å². The highest BCUT2D eigenvalue weighted by Gasteiger charge is 2.26. The van der Waals surface area contributed by atoms with Crippen molar-refractivity contribution in [1.29, 1.82) is 0 Å². The second kappa shape index (κ2) is 29.5. The normalized spacial score (nSPS) is 11.6. The van der Waals surface area contributed by atoms with Crippen molar-refractivity contribution in [2.24, 2.45) is 0 Å². The van der Waals surface area contributed by atoms with Crippen LogP contribution in [0.4, 0.5) is 34.1 Å². The van der Waals surface area contributed by atoms with Gasteiger partial charge in [0.1, 0.15) is 0 Å². The van der Waals surface area contributed by atoms with Gasteiger partial charge in [-0.05, 0) is 237 Å². The van der Waals surface area contributed by atoms with Crippen LogP contribution in [0.25, 0.3) is 186 Å². The van der Waals surface area contributed by atoms with Crippen LogP contribution >= 0.6 is 0 Å². The number of hydrogen-bond acceptors (Lipinski definition) is 2. The van der Waals surface area contributed by atoms with Gasteiger partial charge >= 0.3 is 0 Å². The van der Waals surface area contributed by atoms with E-state index >= 15 is 0 Å². The molecule has 0 aliphatic heterocycles. The smallest absolute Gasteiger partial charge is 0.0540 e. The fourth-order valence-corrected chi connectivity index (χ4v) is 18.7. The lowest BCUT2D eigenvalue weighted by atomic mass is 9.85. The van der Waals surface area contributed by atoms with Gasteiger partial charge in [0, 0.05) is 33.6 Å². The summed E-state index contributed by atoms with van der Waals surface area (Å²) in [5, 5.41) is 19.4. The quantitative estimate of drug-likeness (QED) is 0.0944. The van der Waals surface area contributed by atoms with Gasteiger partial charge in [-0.15, -0.1) is 0 Å². The molecule has 0 bridgehead atoms. The molecule has 550 valence electrons. The molecule has 22 rings (SSSR count). The summed E-state index contributed by atoms with van der Waals surface area (Å²) in [7, 11) is 0. The number of hydrogen-bond donors (Lipinski definition) is 0.